The summed E-state index contributed by atoms with van der Waals surface area (Å²) in [4.78, 5) is 33.0. The molecule has 0 spiro atoms. The number of aliphatic hydroxyl groups is 1. The third-order valence-electron chi connectivity index (χ3n) is 6.09. The minimum absolute atomic E-state index is 0.000549. The third kappa shape index (κ3) is 4.33. The number of rotatable bonds is 5. The average molecular weight is 418 g/mol. The first-order chi connectivity index (χ1) is 15.1. The van der Waals surface area contributed by atoms with E-state index in [2.05, 4.69) is 23.7 Å². The highest BCUT2D eigenvalue weighted by Gasteiger charge is 2.54. The van der Waals surface area contributed by atoms with Gasteiger partial charge >= 0.3 is 0 Å². The molecule has 31 heavy (non-hydrogen) atoms. The Bertz CT molecular complexity index is 994. The normalized spacial score (nSPS) is 22.3. The fraction of sp³-hybridized carbons (Fsp3) is 0.400. The molecule has 0 aliphatic carbocycles. The van der Waals surface area contributed by atoms with Crippen molar-refractivity contribution in [3.8, 4) is 11.8 Å². The Morgan fingerprint density at radius 1 is 1.26 bits per heavy atom. The first-order valence-electron chi connectivity index (χ1n) is 10.8. The van der Waals surface area contributed by atoms with E-state index >= 15 is 0 Å². The lowest BCUT2D eigenvalue weighted by Gasteiger charge is -2.58. The number of carbonyl (C=O) groups is 2. The zero-order chi connectivity index (χ0) is 21.8. The van der Waals surface area contributed by atoms with Crippen molar-refractivity contribution in [2.75, 3.05) is 19.7 Å². The molecule has 0 radical (unpaired) electrons. The predicted octanol–water partition coefficient (Wildman–Crippen LogP) is 1.97. The van der Waals surface area contributed by atoms with E-state index in [1.54, 1.807) is 28.3 Å². The van der Waals surface area contributed by atoms with Crippen molar-refractivity contribution >= 4 is 11.8 Å². The van der Waals surface area contributed by atoms with Gasteiger partial charge in [-0.1, -0.05) is 37.0 Å². The molecule has 6 heteroatoms. The van der Waals surface area contributed by atoms with E-state index < -0.39 is 0 Å². The number of amides is 2. The zero-order valence-corrected chi connectivity index (χ0v) is 17.7. The number of carbonyl (C=O) groups excluding carboxylic acids is 2. The summed E-state index contributed by atoms with van der Waals surface area (Å²) < 4.78 is 0. The minimum Gasteiger partial charge on any atom is -0.394 e. The lowest BCUT2D eigenvalue weighted by molar-refractivity contribution is -0.166. The number of fused-ring (bicyclic) bond motifs is 1. The van der Waals surface area contributed by atoms with E-state index in [0.29, 0.717) is 6.54 Å². The fourth-order valence-corrected chi connectivity index (χ4v) is 4.56. The van der Waals surface area contributed by atoms with Crippen molar-refractivity contribution in [1.29, 1.82) is 0 Å². The van der Waals surface area contributed by atoms with Gasteiger partial charge in [-0.05, 0) is 35.7 Å². The predicted molar refractivity (Wildman–Crippen MR) is 117 cm³/mol. The molecule has 2 aliphatic rings. The topological polar surface area (TPSA) is 73.7 Å². The first-order valence-corrected chi connectivity index (χ1v) is 10.8. The van der Waals surface area contributed by atoms with Crippen LogP contribution in [0, 0.1) is 11.8 Å². The summed E-state index contributed by atoms with van der Waals surface area (Å²) in [5.74, 6) is 6.13. The molecule has 1 aromatic heterocycles. The van der Waals surface area contributed by atoms with Gasteiger partial charge in [0, 0.05) is 36.8 Å². The first kappa shape index (κ1) is 21.1. The molecule has 4 rings (SSSR count). The number of unbranched alkanes of at least 4 members (excludes halogenated alkanes) is 1. The Balaban J connectivity index is 1.49. The quantitative estimate of drug-likeness (QED) is 0.755. The molecular weight excluding hydrogens is 390 g/mol. The molecule has 6 nitrogen and oxygen atoms in total. The number of piperazine rings is 1. The zero-order valence-electron chi connectivity index (χ0n) is 17.7. The maximum atomic E-state index is 12.8. The number of benzene rings is 1. The fourth-order valence-electron chi connectivity index (χ4n) is 4.56. The van der Waals surface area contributed by atoms with Crippen molar-refractivity contribution in [3.63, 3.8) is 0 Å². The van der Waals surface area contributed by atoms with Crippen LogP contribution in [0.4, 0.5) is 0 Å². The molecule has 2 saturated heterocycles. The van der Waals surface area contributed by atoms with E-state index in [1.165, 1.54) is 0 Å². The summed E-state index contributed by atoms with van der Waals surface area (Å²) in [6.45, 7) is 2.55. The smallest absolute Gasteiger partial charge is 0.242 e. The van der Waals surface area contributed by atoms with Gasteiger partial charge < -0.3 is 14.9 Å². The Morgan fingerprint density at radius 2 is 2.06 bits per heavy atom. The highest BCUT2D eigenvalue weighted by molar-refractivity contribution is 5.88. The van der Waals surface area contributed by atoms with E-state index in [1.807, 2.05) is 30.3 Å². The van der Waals surface area contributed by atoms with Crippen LogP contribution in [0.25, 0.3) is 0 Å². The van der Waals surface area contributed by atoms with Crippen molar-refractivity contribution in [2.45, 2.75) is 44.2 Å². The summed E-state index contributed by atoms with van der Waals surface area (Å²) in [5.41, 5.74) is 2.86. The van der Waals surface area contributed by atoms with Crippen LogP contribution >= 0.6 is 0 Å². The maximum Gasteiger partial charge on any atom is 0.242 e. The second kappa shape index (κ2) is 9.32. The van der Waals surface area contributed by atoms with Crippen LogP contribution in [0.5, 0.6) is 0 Å². The average Bonchev–Trinajstić information content (AvgIpc) is 2.77. The molecule has 3 atom stereocenters. The summed E-state index contributed by atoms with van der Waals surface area (Å²) in [6.07, 6.45) is 5.48. The largest absolute Gasteiger partial charge is 0.394 e. The van der Waals surface area contributed by atoms with Crippen LogP contribution in [0.15, 0.2) is 48.8 Å². The van der Waals surface area contributed by atoms with Gasteiger partial charge in [-0.2, -0.15) is 0 Å². The molecule has 2 aromatic rings. The van der Waals surface area contributed by atoms with Gasteiger partial charge in [-0.25, -0.2) is 0 Å². The van der Waals surface area contributed by atoms with Crippen LogP contribution < -0.4 is 0 Å². The highest BCUT2D eigenvalue weighted by Crippen LogP contribution is 2.42. The van der Waals surface area contributed by atoms with Gasteiger partial charge in [0.15, 0.2) is 0 Å². The van der Waals surface area contributed by atoms with Crippen LogP contribution in [0.2, 0.25) is 0 Å². The second-order valence-electron chi connectivity index (χ2n) is 8.13. The van der Waals surface area contributed by atoms with Crippen LogP contribution in [0.3, 0.4) is 0 Å². The molecule has 2 amide bonds. The maximum absolute atomic E-state index is 12.8. The second-order valence-corrected chi connectivity index (χ2v) is 8.13. The Labute approximate surface area is 182 Å². The summed E-state index contributed by atoms with van der Waals surface area (Å²) in [7, 11) is 0. The molecule has 0 unspecified atom stereocenters. The third-order valence-corrected chi connectivity index (χ3v) is 6.09. The molecule has 160 valence electrons. The Kier molecular flexibility index (Phi) is 6.34. The van der Waals surface area contributed by atoms with Gasteiger partial charge in [0.05, 0.1) is 31.7 Å². The van der Waals surface area contributed by atoms with Crippen LogP contribution in [-0.2, 0) is 16.0 Å². The number of hydrogen-bond acceptors (Lipinski definition) is 4. The molecular formula is C25H27N3O3. The van der Waals surface area contributed by atoms with Gasteiger partial charge in [0.25, 0.3) is 0 Å². The molecule has 2 aliphatic heterocycles. The summed E-state index contributed by atoms with van der Waals surface area (Å²) >= 11 is 0. The molecule has 3 heterocycles. The number of hydrogen-bond donors (Lipinski definition) is 1. The van der Waals surface area contributed by atoms with Crippen molar-refractivity contribution in [3.05, 3.63) is 65.5 Å². The van der Waals surface area contributed by atoms with E-state index in [0.717, 1.165) is 29.5 Å². The summed E-state index contributed by atoms with van der Waals surface area (Å²) in [6, 6.07) is 11.3. The monoisotopic (exact) mass is 417 g/mol. The standard InChI is InChI=1S/C25H27N3O3/c1-2-3-4-6-18-8-10-20(11-9-18)25-21-15-27(16-24(31)28(21)22(25)17-29)23(30)13-19-7-5-12-26-14-19/h5,7-12,14,21-22,25,29H,2-3,13,15-17H2,1H3/t21-,22-,25+/m1/s1. The Hall–Kier alpha value is -3.17. The van der Waals surface area contributed by atoms with Crippen molar-refractivity contribution in [2.24, 2.45) is 0 Å². The summed E-state index contributed by atoms with van der Waals surface area (Å²) in [5, 5.41) is 9.94. The number of pyridine rings is 1. The van der Waals surface area contributed by atoms with E-state index in [4.69, 9.17) is 0 Å². The molecule has 0 saturated carbocycles. The van der Waals surface area contributed by atoms with E-state index in [-0.39, 0.29) is 49.4 Å². The lowest BCUT2D eigenvalue weighted by atomic mass is 9.73. The molecule has 0 bridgehead atoms. The lowest BCUT2D eigenvalue weighted by Crippen LogP contribution is -2.73. The van der Waals surface area contributed by atoms with Gasteiger partial charge in [0.1, 0.15) is 0 Å². The van der Waals surface area contributed by atoms with Gasteiger partial charge in [0.2, 0.25) is 11.8 Å². The van der Waals surface area contributed by atoms with Crippen LogP contribution in [-0.4, -0.2) is 63.5 Å². The van der Waals surface area contributed by atoms with Crippen molar-refractivity contribution in [1.82, 2.24) is 14.8 Å². The number of aromatic nitrogens is 1. The van der Waals surface area contributed by atoms with Crippen molar-refractivity contribution < 1.29 is 14.7 Å². The SMILES string of the molecule is CCCC#Cc1ccc([C@@H]2[C@@H](CO)N3C(=O)CN(C(=O)Cc4cccnc4)C[C@H]23)cc1. The van der Waals surface area contributed by atoms with Gasteiger partial charge in [-0.15, -0.1) is 0 Å². The minimum atomic E-state index is -0.245. The molecule has 1 aromatic carbocycles. The number of aliphatic hydroxyl groups excluding tert-OH is 1. The highest BCUT2D eigenvalue weighted by atomic mass is 16.3. The van der Waals surface area contributed by atoms with Gasteiger partial charge in [-0.3, -0.25) is 14.6 Å². The number of nitrogens with zero attached hydrogens (tertiary/aromatic N) is 3. The molecule has 2 fully saturated rings. The van der Waals surface area contributed by atoms with Crippen LogP contribution in [0.1, 0.15) is 42.4 Å². The Morgan fingerprint density at radius 3 is 2.74 bits per heavy atom. The van der Waals surface area contributed by atoms with E-state index in [9.17, 15) is 14.7 Å². The molecule has 1 N–H and O–H groups in total.